The molecule has 128 valence electrons. The molecular weight excluding hydrogens is 316 g/mol. The van der Waals surface area contributed by atoms with Crippen LogP contribution in [-0.2, 0) is 19.3 Å². The molecule has 0 amide bonds. The summed E-state index contributed by atoms with van der Waals surface area (Å²) in [5, 5.41) is 9.95. The lowest BCUT2D eigenvalue weighted by Gasteiger charge is -2.15. The molecule has 1 aromatic carbocycles. The van der Waals surface area contributed by atoms with Crippen molar-refractivity contribution in [3.63, 3.8) is 0 Å². The molecule has 1 fully saturated rings. The Hall–Kier alpha value is -1.21. The first-order chi connectivity index (χ1) is 10.7. The molecule has 0 bridgehead atoms. The van der Waals surface area contributed by atoms with Crippen molar-refractivity contribution >= 4 is 9.84 Å². The average molecular weight is 340 g/mol. The number of aliphatic hydroxyl groups is 1. The van der Waals surface area contributed by atoms with Gasteiger partial charge in [0.15, 0.2) is 15.6 Å². The summed E-state index contributed by atoms with van der Waals surface area (Å²) in [6.07, 6.45) is 2.39. The van der Waals surface area contributed by atoms with Gasteiger partial charge < -0.3 is 14.6 Å². The highest BCUT2D eigenvalue weighted by atomic mass is 32.2. The van der Waals surface area contributed by atoms with Gasteiger partial charge in [-0.15, -0.1) is 0 Å². The van der Waals surface area contributed by atoms with E-state index in [4.69, 9.17) is 9.47 Å². The summed E-state index contributed by atoms with van der Waals surface area (Å²) >= 11 is 0. The van der Waals surface area contributed by atoms with Gasteiger partial charge in [-0.05, 0) is 39.3 Å². The maximum absolute atomic E-state index is 12.2. The second kappa shape index (κ2) is 7.13. The van der Waals surface area contributed by atoms with E-state index < -0.39 is 21.7 Å². The summed E-state index contributed by atoms with van der Waals surface area (Å²) < 4.78 is 35.4. The molecular formula is C17H24O5S. The molecule has 1 N–H and O–H groups in total. The van der Waals surface area contributed by atoms with Crippen LogP contribution in [0.4, 0.5) is 0 Å². The summed E-state index contributed by atoms with van der Waals surface area (Å²) in [6.45, 7) is 5.98. The van der Waals surface area contributed by atoms with Gasteiger partial charge in [-0.25, -0.2) is 8.42 Å². The molecule has 23 heavy (non-hydrogen) atoms. The molecule has 5 nitrogen and oxygen atoms in total. The molecule has 2 rings (SSSR count). The minimum absolute atomic E-state index is 0.102. The number of sulfone groups is 1. The number of hydrogen-bond acceptors (Lipinski definition) is 5. The first kappa shape index (κ1) is 18.1. The third-order valence-electron chi connectivity index (χ3n) is 3.64. The van der Waals surface area contributed by atoms with Crippen molar-refractivity contribution in [2.24, 2.45) is 0 Å². The van der Waals surface area contributed by atoms with Crippen molar-refractivity contribution in [2.75, 3.05) is 12.4 Å². The Labute approximate surface area is 137 Å². The van der Waals surface area contributed by atoms with E-state index in [1.165, 1.54) is 0 Å². The quantitative estimate of drug-likeness (QED) is 0.804. The summed E-state index contributed by atoms with van der Waals surface area (Å²) in [4.78, 5) is 0.286. The fourth-order valence-electron chi connectivity index (χ4n) is 2.30. The van der Waals surface area contributed by atoms with Crippen LogP contribution in [-0.4, -0.2) is 43.9 Å². The molecule has 6 heteroatoms. The lowest BCUT2D eigenvalue weighted by Crippen LogP contribution is -2.21. The van der Waals surface area contributed by atoms with Crippen LogP contribution < -0.4 is 0 Å². The summed E-state index contributed by atoms with van der Waals surface area (Å²) in [7, 11) is -3.38. The van der Waals surface area contributed by atoms with Crippen LogP contribution in [0, 0.1) is 6.92 Å². The van der Waals surface area contributed by atoms with Crippen LogP contribution in [0.2, 0.25) is 0 Å². The van der Waals surface area contributed by atoms with Crippen molar-refractivity contribution in [3.8, 4) is 0 Å². The number of aryl methyl sites for hydroxylation is 1. The predicted molar refractivity (Wildman–Crippen MR) is 87.9 cm³/mol. The van der Waals surface area contributed by atoms with Crippen LogP contribution in [0.25, 0.3) is 0 Å². The fourth-order valence-corrected chi connectivity index (χ4v) is 3.64. The second-order valence-corrected chi connectivity index (χ2v) is 8.35. The minimum atomic E-state index is -3.38. The molecule has 2 atom stereocenters. The first-order valence-corrected chi connectivity index (χ1v) is 9.31. The molecule has 0 aliphatic carbocycles. The first-order valence-electron chi connectivity index (χ1n) is 7.65. The van der Waals surface area contributed by atoms with Crippen molar-refractivity contribution < 1.29 is 23.0 Å². The zero-order valence-electron chi connectivity index (χ0n) is 13.7. The normalized spacial score (nSPS) is 22.5. The van der Waals surface area contributed by atoms with Gasteiger partial charge in [0.05, 0.1) is 23.4 Å². The highest BCUT2D eigenvalue weighted by molar-refractivity contribution is 7.91. The standard InChI is InChI=1S/C17H24O5S/c1-13-4-8-16(9-5-13)23(19,20)11-10-14(18)6-7-15-12-21-17(2,3)22-15/h4-9,14-15,18H,10-12H2,1-3H3/b7-6+/t14-,15-/m0/s1. The van der Waals surface area contributed by atoms with E-state index in [1.54, 1.807) is 36.4 Å². The van der Waals surface area contributed by atoms with E-state index in [1.807, 2.05) is 20.8 Å². The monoisotopic (exact) mass is 340 g/mol. The van der Waals surface area contributed by atoms with Crippen molar-refractivity contribution in [1.29, 1.82) is 0 Å². The summed E-state index contributed by atoms with van der Waals surface area (Å²) in [6, 6.07) is 6.72. The Kier molecular flexibility index (Phi) is 5.62. The molecule has 0 unspecified atom stereocenters. The molecule has 1 saturated heterocycles. The van der Waals surface area contributed by atoms with E-state index in [0.717, 1.165) is 5.56 Å². The molecule has 1 aliphatic heterocycles. The Bertz CT molecular complexity index is 646. The van der Waals surface area contributed by atoms with Crippen LogP contribution in [0.3, 0.4) is 0 Å². The highest BCUT2D eigenvalue weighted by Crippen LogP contribution is 2.23. The number of aliphatic hydroxyl groups excluding tert-OH is 1. The van der Waals surface area contributed by atoms with E-state index >= 15 is 0 Å². The van der Waals surface area contributed by atoms with Crippen LogP contribution in [0.5, 0.6) is 0 Å². The smallest absolute Gasteiger partial charge is 0.178 e. The topological polar surface area (TPSA) is 72.8 Å². The van der Waals surface area contributed by atoms with Crippen LogP contribution in [0.15, 0.2) is 41.3 Å². The number of rotatable bonds is 6. The lowest BCUT2D eigenvalue weighted by molar-refractivity contribution is -0.133. The van der Waals surface area contributed by atoms with Gasteiger partial charge in [0.25, 0.3) is 0 Å². The highest BCUT2D eigenvalue weighted by Gasteiger charge is 2.31. The van der Waals surface area contributed by atoms with Gasteiger partial charge in [-0.3, -0.25) is 0 Å². The number of hydrogen-bond donors (Lipinski definition) is 1. The SMILES string of the molecule is Cc1ccc(S(=O)(=O)CC[C@@H](O)/C=C/[C@H]2COC(C)(C)O2)cc1. The molecule has 1 aromatic rings. The van der Waals surface area contributed by atoms with Crippen molar-refractivity contribution in [3.05, 3.63) is 42.0 Å². The minimum Gasteiger partial charge on any atom is -0.389 e. The lowest BCUT2D eigenvalue weighted by atomic mass is 10.2. The Morgan fingerprint density at radius 2 is 2.00 bits per heavy atom. The third kappa shape index (κ3) is 5.42. The van der Waals surface area contributed by atoms with E-state index in [9.17, 15) is 13.5 Å². The number of ether oxygens (including phenoxy) is 2. The van der Waals surface area contributed by atoms with Gasteiger partial charge in [0, 0.05) is 0 Å². The zero-order valence-corrected chi connectivity index (χ0v) is 14.5. The van der Waals surface area contributed by atoms with Crippen molar-refractivity contribution in [1.82, 2.24) is 0 Å². The van der Waals surface area contributed by atoms with Gasteiger partial charge in [-0.2, -0.15) is 0 Å². The Morgan fingerprint density at radius 3 is 2.57 bits per heavy atom. The summed E-state index contributed by atoms with van der Waals surface area (Å²) in [5.41, 5.74) is 1.01. The molecule has 0 saturated carbocycles. The molecule has 0 radical (unpaired) electrons. The maximum atomic E-state index is 12.2. The number of benzene rings is 1. The third-order valence-corrected chi connectivity index (χ3v) is 5.40. The van der Waals surface area contributed by atoms with Crippen LogP contribution in [0.1, 0.15) is 25.8 Å². The maximum Gasteiger partial charge on any atom is 0.178 e. The average Bonchev–Trinajstić information content (AvgIpc) is 2.83. The largest absolute Gasteiger partial charge is 0.389 e. The van der Waals surface area contributed by atoms with E-state index in [-0.39, 0.29) is 23.2 Å². The van der Waals surface area contributed by atoms with Gasteiger partial charge in [-0.1, -0.05) is 29.8 Å². The van der Waals surface area contributed by atoms with Crippen molar-refractivity contribution in [2.45, 2.75) is 50.1 Å². The van der Waals surface area contributed by atoms with E-state index in [0.29, 0.717) is 6.61 Å². The predicted octanol–water partition coefficient (Wildman–Crippen LogP) is 2.23. The van der Waals surface area contributed by atoms with Crippen LogP contribution >= 0.6 is 0 Å². The van der Waals surface area contributed by atoms with E-state index in [2.05, 4.69) is 0 Å². The Morgan fingerprint density at radius 1 is 1.35 bits per heavy atom. The second-order valence-electron chi connectivity index (χ2n) is 6.24. The van der Waals surface area contributed by atoms with Gasteiger partial charge in [0.2, 0.25) is 0 Å². The molecule has 1 aliphatic rings. The summed E-state index contributed by atoms with van der Waals surface area (Å²) in [5.74, 6) is -0.718. The van der Waals surface area contributed by atoms with Gasteiger partial charge in [0.1, 0.15) is 6.10 Å². The molecule has 1 heterocycles. The molecule has 0 aromatic heterocycles. The molecule has 0 spiro atoms. The van der Waals surface area contributed by atoms with Gasteiger partial charge >= 0.3 is 0 Å². The Balaban J connectivity index is 1.86. The fraction of sp³-hybridized carbons (Fsp3) is 0.529. The zero-order chi connectivity index (χ0) is 17.1.